The fraction of sp³-hybridized carbons (Fsp3) is 0.0256. The van der Waals surface area contributed by atoms with Gasteiger partial charge in [0.1, 0.15) is 0 Å². The summed E-state index contributed by atoms with van der Waals surface area (Å²) in [6.07, 6.45) is 3.70. The van der Waals surface area contributed by atoms with E-state index in [1.165, 1.54) is 16.3 Å². The summed E-state index contributed by atoms with van der Waals surface area (Å²) in [7, 11) is 0. The number of para-hydroxylation sites is 1. The third kappa shape index (κ3) is 4.52. The van der Waals surface area contributed by atoms with Crippen molar-refractivity contribution in [3.63, 3.8) is 0 Å². The molecular weight excluding hydrogens is 538 g/mol. The van der Waals surface area contributed by atoms with Gasteiger partial charge in [0.2, 0.25) is 0 Å². The Morgan fingerprint density at radius 3 is 1.82 bits per heavy atom. The Labute approximate surface area is 255 Å². The van der Waals surface area contributed by atoms with Gasteiger partial charge in [-0.05, 0) is 48.9 Å². The zero-order chi connectivity index (χ0) is 29.5. The SMILES string of the molecule is Cc1ccc2c(c1)c1ccccc1n2-c1cc(-c2cccnc2)ccc1-c1nc(-c2ccccc2)nc(-c2ccccc2)n1. The van der Waals surface area contributed by atoms with E-state index in [9.17, 15) is 0 Å². The average molecular weight is 566 g/mol. The molecule has 3 aromatic heterocycles. The van der Waals surface area contributed by atoms with Gasteiger partial charge in [-0.1, -0.05) is 103 Å². The van der Waals surface area contributed by atoms with E-state index in [0.717, 1.165) is 44.5 Å². The molecule has 5 aromatic carbocycles. The first-order valence-electron chi connectivity index (χ1n) is 14.6. The highest BCUT2D eigenvalue weighted by Gasteiger charge is 2.20. The monoisotopic (exact) mass is 565 g/mol. The molecule has 0 fully saturated rings. The van der Waals surface area contributed by atoms with Gasteiger partial charge in [0, 0.05) is 45.4 Å². The second-order valence-electron chi connectivity index (χ2n) is 10.9. The maximum absolute atomic E-state index is 5.10. The first-order valence-corrected chi connectivity index (χ1v) is 14.6. The molecule has 0 N–H and O–H groups in total. The summed E-state index contributed by atoms with van der Waals surface area (Å²) in [4.78, 5) is 19.5. The lowest BCUT2D eigenvalue weighted by molar-refractivity contribution is 1.06. The molecule has 0 aliphatic heterocycles. The standard InChI is InChI=1S/C39H27N5/c1-26-18-21-35-33(23-26)31-16-8-9-17-34(31)44(35)36-24-29(30-15-10-22-40-25-30)19-20-32(36)39-42-37(27-11-4-2-5-12-27)41-38(43-39)28-13-6-3-7-14-28/h2-25H,1H3. The fourth-order valence-corrected chi connectivity index (χ4v) is 5.89. The topological polar surface area (TPSA) is 56.5 Å². The summed E-state index contributed by atoms with van der Waals surface area (Å²) >= 11 is 0. The first-order chi connectivity index (χ1) is 21.7. The Morgan fingerprint density at radius 1 is 0.477 bits per heavy atom. The van der Waals surface area contributed by atoms with Gasteiger partial charge < -0.3 is 4.57 Å². The van der Waals surface area contributed by atoms with Crippen LogP contribution in [0.15, 0.2) is 146 Å². The number of aryl methyl sites for hydroxylation is 1. The maximum Gasteiger partial charge on any atom is 0.166 e. The Balaban J connectivity index is 1.45. The van der Waals surface area contributed by atoms with E-state index in [1.807, 2.05) is 72.9 Å². The van der Waals surface area contributed by atoms with Crippen molar-refractivity contribution in [1.82, 2.24) is 24.5 Å². The van der Waals surface area contributed by atoms with Gasteiger partial charge in [-0.3, -0.25) is 4.98 Å². The largest absolute Gasteiger partial charge is 0.308 e. The van der Waals surface area contributed by atoms with Crippen LogP contribution in [0.3, 0.4) is 0 Å². The van der Waals surface area contributed by atoms with Gasteiger partial charge in [-0.25, -0.2) is 15.0 Å². The van der Waals surface area contributed by atoms with Crippen LogP contribution >= 0.6 is 0 Å². The molecule has 3 heterocycles. The van der Waals surface area contributed by atoms with E-state index in [0.29, 0.717) is 17.5 Å². The molecule has 0 aliphatic rings. The molecule has 0 aliphatic carbocycles. The smallest absolute Gasteiger partial charge is 0.166 e. The molecule has 0 atom stereocenters. The van der Waals surface area contributed by atoms with Crippen LogP contribution in [0.2, 0.25) is 0 Å². The second-order valence-corrected chi connectivity index (χ2v) is 10.9. The van der Waals surface area contributed by atoms with Gasteiger partial charge in [0.15, 0.2) is 17.5 Å². The molecule has 44 heavy (non-hydrogen) atoms. The number of aromatic nitrogens is 5. The lowest BCUT2D eigenvalue weighted by Gasteiger charge is -2.16. The van der Waals surface area contributed by atoms with Gasteiger partial charge >= 0.3 is 0 Å². The Kier molecular flexibility index (Phi) is 6.27. The minimum Gasteiger partial charge on any atom is -0.308 e. The van der Waals surface area contributed by atoms with E-state index >= 15 is 0 Å². The lowest BCUT2D eigenvalue weighted by Crippen LogP contribution is -2.04. The molecular formula is C39H27N5. The van der Waals surface area contributed by atoms with Crippen LogP contribution < -0.4 is 0 Å². The molecule has 0 radical (unpaired) electrons. The van der Waals surface area contributed by atoms with Crippen molar-refractivity contribution >= 4 is 21.8 Å². The van der Waals surface area contributed by atoms with Gasteiger partial charge in [0.25, 0.3) is 0 Å². The van der Waals surface area contributed by atoms with Crippen molar-refractivity contribution in [3.8, 4) is 51.0 Å². The molecule has 0 saturated carbocycles. The van der Waals surface area contributed by atoms with Gasteiger partial charge in [-0.15, -0.1) is 0 Å². The van der Waals surface area contributed by atoms with Gasteiger partial charge in [0.05, 0.1) is 16.7 Å². The van der Waals surface area contributed by atoms with E-state index in [4.69, 9.17) is 15.0 Å². The highest BCUT2D eigenvalue weighted by Crippen LogP contribution is 2.38. The van der Waals surface area contributed by atoms with Crippen molar-refractivity contribution in [2.45, 2.75) is 6.92 Å². The van der Waals surface area contributed by atoms with E-state index in [-0.39, 0.29) is 0 Å². The number of rotatable bonds is 5. The number of benzene rings is 5. The first kappa shape index (κ1) is 25.7. The van der Waals surface area contributed by atoms with Crippen molar-refractivity contribution in [2.24, 2.45) is 0 Å². The van der Waals surface area contributed by atoms with Crippen molar-refractivity contribution in [3.05, 3.63) is 151 Å². The van der Waals surface area contributed by atoms with Crippen molar-refractivity contribution in [1.29, 1.82) is 0 Å². The summed E-state index contributed by atoms with van der Waals surface area (Å²) < 4.78 is 2.34. The fourth-order valence-electron chi connectivity index (χ4n) is 5.89. The number of fused-ring (bicyclic) bond motifs is 3. The predicted molar refractivity (Wildman–Crippen MR) is 178 cm³/mol. The number of pyridine rings is 1. The van der Waals surface area contributed by atoms with Crippen LogP contribution in [0.1, 0.15) is 5.56 Å². The minimum absolute atomic E-state index is 0.614. The van der Waals surface area contributed by atoms with E-state index in [1.54, 1.807) is 6.20 Å². The summed E-state index contributed by atoms with van der Waals surface area (Å²) in [5, 5.41) is 2.42. The zero-order valence-corrected chi connectivity index (χ0v) is 24.1. The van der Waals surface area contributed by atoms with Crippen molar-refractivity contribution in [2.75, 3.05) is 0 Å². The van der Waals surface area contributed by atoms with Crippen LogP contribution in [0, 0.1) is 6.92 Å². The molecule has 208 valence electrons. The van der Waals surface area contributed by atoms with E-state index in [2.05, 4.69) is 83.2 Å². The zero-order valence-electron chi connectivity index (χ0n) is 24.1. The molecule has 0 amide bonds. The normalized spacial score (nSPS) is 11.3. The minimum atomic E-state index is 0.614. The predicted octanol–water partition coefficient (Wildman–Crippen LogP) is 9.34. The van der Waals surface area contributed by atoms with E-state index < -0.39 is 0 Å². The molecule has 0 unspecified atom stereocenters. The Morgan fingerprint density at radius 2 is 1.11 bits per heavy atom. The quantitative estimate of drug-likeness (QED) is 0.209. The third-order valence-electron chi connectivity index (χ3n) is 8.00. The highest BCUT2D eigenvalue weighted by molar-refractivity contribution is 6.10. The lowest BCUT2D eigenvalue weighted by atomic mass is 10.0. The van der Waals surface area contributed by atoms with Crippen LogP contribution in [0.25, 0.3) is 72.8 Å². The summed E-state index contributed by atoms with van der Waals surface area (Å²) in [5.74, 6) is 1.88. The number of nitrogens with zero attached hydrogens (tertiary/aromatic N) is 5. The number of hydrogen-bond donors (Lipinski definition) is 0. The molecule has 0 saturated heterocycles. The summed E-state index contributed by atoms with van der Waals surface area (Å²) in [6, 6.07) is 46.0. The Hall–Kier alpha value is -5.94. The average Bonchev–Trinajstić information content (AvgIpc) is 3.42. The molecule has 8 aromatic rings. The van der Waals surface area contributed by atoms with Crippen LogP contribution in [0.4, 0.5) is 0 Å². The van der Waals surface area contributed by atoms with Crippen LogP contribution in [-0.4, -0.2) is 24.5 Å². The number of hydrogen-bond acceptors (Lipinski definition) is 4. The van der Waals surface area contributed by atoms with Gasteiger partial charge in [-0.2, -0.15) is 0 Å². The maximum atomic E-state index is 5.10. The van der Waals surface area contributed by atoms with Crippen LogP contribution in [-0.2, 0) is 0 Å². The summed E-state index contributed by atoms with van der Waals surface area (Å²) in [6.45, 7) is 2.14. The Bertz CT molecular complexity index is 2220. The highest BCUT2D eigenvalue weighted by atomic mass is 15.1. The molecule has 5 heteroatoms. The van der Waals surface area contributed by atoms with Crippen molar-refractivity contribution < 1.29 is 0 Å². The molecule has 0 spiro atoms. The summed E-state index contributed by atoms with van der Waals surface area (Å²) in [5.41, 5.74) is 9.37. The molecule has 8 rings (SSSR count). The molecule has 0 bridgehead atoms. The third-order valence-corrected chi connectivity index (χ3v) is 8.00. The van der Waals surface area contributed by atoms with Crippen LogP contribution in [0.5, 0.6) is 0 Å². The second kappa shape index (κ2) is 10.7. The molecule has 5 nitrogen and oxygen atoms in total.